The van der Waals surface area contributed by atoms with E-state index < -0.39 is 0 Å². The summed E-state index contributed by atoms with van der Waals surface area (Å²) in [5.74, 6) is -0.271. The number of nitrogens with zero attached hydrogens (tertiary/aromatic N) is 2. The van der Waals surface area contributed by atoms with E-state index in [2.05, 4.69) is 40.0 Å². The number of nitrogens with one attached hydrogen (secondary N) is 1. The van der Waals surface area contributed by atoms with Crippen LogP contribution in [0.3, 0.4) is 0 Å². The molecule has 1 saturated heterocycles. The van der Waals surface area contributed by atoms with Gasteiger partial charge in [-0.2, -0.15) is 0 Å². The molecule has 2 aromatic rings. The lowest BCUT2D eigenvalue weighted by molar-refractivity contribution is -0.122. The van der Waals surface area contributed by atoms with Crippen LogP contribution in [0.15, 0.2) is 57.9 Å². The van der Waals surface area contributed by atoms with Crippen molar-refractivity contribution in [3.8, 4) is 0 Å². The van der Waals surface area contributed by atoms with E-state index >= 15 is 0 Å². The van der Waals surface area contributed by atoms with E-state index in [0.717, 1.165) is 46.3 Å². The van der Waals surface area contributed by atoms with E-state index in [0.29, 0.717) is 4.91 Å². The number of thioether (sulfide) groups is 1. The Labute approximate surface area is 177 Å². The fourth-order valence-electron chi connectivity index (χ4n) is 2.90. The second-order valence-electron chi connectivity index (χ2n) is 6.22. The fraction of sp³-hybridized carbons (Fsp3) is 0.238. The monoisotopic (exact) mass is 459 g/mol. The highest BCUT2D eigenvalue weighted by molar-refractivity contribution is 9.10. The van der Waals surface area contributed by atoms with Gasteiger partial charge in [-0.15, -0.1) is 0 Å². The van der Waals surface area contributed by atoms with Crippen LogP contribution in [-0.4, -0.2) is 35.8 Å². The summed E-state index contributed by atoms with van der Waals surface area (Å²) in [6.07, 6.45) is 1.77. The molecule has 0 spiro atoms. The van der Waals surface area contributed by atoms with Crippen LogP contribution in [-0.2, 0) is 4.79 Å². The first-order valence-corrected chi connectivity index (χ1v) is 10.7. The van der Waals surface area contributed by atoms with Crippen molar-refractivity contribution in [2.24, 2.45) is 0 Å². The maximum atomic E-state index is 12.6. The van der Waals surface area contributed by atoms with Gasteiger partial charge in [0.2, 0.25) is 0 Å². The minimum absolute atomic E-state index is 0.143. The molecule has 0 unspecified atom stereocenters. The van der Waals surface area contributed by atoms with Gasteiger partial charge in [0.15, 0.2) is 0 Å². The quantitative estimate of drug-likeness (QED) is 0.561. The minimum atomic E-state index is -0.271. The highest BCUT2D eigenvalue weighted by Crippen LogP contribution is 2.32. The number of carbonyl (C=O) groups is 2. The first kappa shape index (κ1) is 20.5. The number of hydrogen-bond acceptors (Lipinski definition) is 5. The van der Waals surface area contributed by atoms with Gasteiger partial charge in [0, 0.05) is 28.9 Å². The van der Waals surface area contributed by atoms with Gasteiger partial charge >= 0.3 is 0 Å². The highest BCUT2D eigenvalue weighted by Gasteiger charge is 2.34. The Bertz CT molecular complexity index is 878. The third kappa shape index (κ3) is 4.77. The lowest BCUT2D eigenvalue weighted by Gasteiger charge is -2.20. The maximum Gasteiger partial charge on any atom is 0.295 e. The molecule has 5 nitrogen and oxygen atoms in total. The molecule has 28 heavy (non-hydrogen) atoms. The lowest BCUT2D eigenvalue weighted by Crippen LogP contribution is -2.33. The molecule has 1 N–H and O–H groups in total. The van der Waals surface area contributed by atoms with E-state index in [1.165, 1.54) is 4.90 Å². The summed E-state index contributed by atoms with van der Waals surface area (Å²) in [7, 11) is 0. The van der Waals surface area contributed by atoms with Gasteiger partial charge < -0.3 is 10.2 Å². The third-order valence-electron chi connectivity index (χ3n) is 4.48. The summed E-state index contributed by atoms with van der Waals surface area (Å²) in [5.41, 5.74) is 2.90. The first-order valence-electron chi connectivity index (χ1n) is 9.11. The molecule has 0 bridgehead atoms. The van der Waals surface area contributed by atoms with Crippen molar-refractivity contribution in [1.82, 2.24) is 4.90 Å². The highest BCUT2D eigenvalue weighted by atomic mass is 79.9. The molecule has 0 aromatic heterocycles. The number of carbonyl (C=O) groups excluding carboxylic acids is 2. The number of benzene rings is 2. The first-order chi connectivity index (χ1) is 13.5. The Hall–Kier alpha value is -2.25. The number of imide groups is 1. The Balaban J connectivity index is 1.67. The van der Waals surface area contributed by atoms with Crippen molar-refractivity contribution >= 4 is 56.3 Å². The predicted octanol–water partition coefficient (Wildman–Crippen LogP) is 5.40. The van der Waals surface area contributed by atoms with Crippen LogP contribution in [0.4, 0.5) is 16.2 Å². The maximum absolute atomic E-state index is 12.6. The second-order valence-corrected chi connectivity index (χ2v) is 8.12. The molecular formula is C21H22BrN3O2S. The zero-order valence-electron chi connectivity index (χ0n) is 15.8. The molecule has 1 heterocycles. The molecule has 1 aliphatic rings. The Morgan fingerprint density at radius 1 is 1.04 bits per heavy atom. The van der Waals surface area contributed by atoms with Crippen molar-refractivity contribution in [1.29, 1.82) is 0 Å². The van der Waals surface area contributed by atoms with Crippen molar-refractivity contribution in [3.63, 3.8) is 0 Å². The van der Waals surface area contributed by atoms with Gasteiger partial charge in [-0.25, -0.2) is 0 Å². The van der Waals surface area contributed by atoms with E-state index in [1.807, 2.05) is 48.5 Å². The number of amides is 2. The normalized spacial score (nSPS) is 15.4. The van der Waals surface area contributed by atoms with Crippen molar-refractivity contribution in [2.75, 3.05) is 30.0 Å². The van der Waals surface area contributed by atoms with E-state index in [9.17, 15) is 9.59 Å². The van der Waals surface area contributed by atoms with Gasteiger partial charge in [0.1, 0.15) is 0 Å². The van der Waals surface area contributed by atoms with Gasteiger partial charge in [-0.1, -0.05) is 28.1 Å². The molecule has 3 rings (SSSR count). The Kier molecular flexibility index (Phi) is 6.80. The largest absolute Gasteiger partial charge is 0.372 e. The van der Waals surface area contributed by atoms with Crippen LogP contribution in [0.2, 0.25) is 0 Å². The zero-order chi connectivity index (χ0) is 20.1. The predicted molar refractivity (Wildman–Crippen MR) is 120 cm³/mol. The number of anilines is 2. The van der Waals surface area contributed by atoms with Gasteiger partial charge in [-0.05, 0) is 73.6 Å². The van der Waals surface area contributed by atoms with Crippen molar-refractivity contribution < 1.29 is 9.59 Å². The molecule has 1 aliphatic heterocycles. The molecular weight excluding hydrogens is 438 g/mol. The van der Waals surface area contributed by atoms with Crippen molar-refractivity contribution in [2.45, 2.75) is 13.8 Å². The van der Waals surface area contributed by atoms with Crippen LogP contribution < -0.4 is 10.2 Å². The smallest absolute Gasteiger partial charge is 0.295 e. The van der Waals surface area contributed by atoms with Crippen LogP contribution in [0, 0.1) is 0 Å². The second kappa shape index (κ2) is 9.30. The van der Waals surface area contributed by atoms with Crippen LogP contribution in [0.1, 0.15) is 19.4 Å². The number of rotatable bonds is 7. The lowest BCUT2D eigenvalue weighted by atomic mass is 10.1. The molecule has 1 fully saturated rings. The SMILES string of the molecule is CCN(CC)c1ccc(/C=C2\SC(=O)N(CNc3ccc(Br)cc3)C2=O)cc1. The van der Waals surface area contributed by atoms with Crippen LogP contribution >= 0.6 is 27.7 Å². The average Bonchev–Trinajstić information content (AvgIpc) is 2.96. The minimum Gasteiger partial charge on any atom is -0.372 e. The average molecular weight is 460 g/mol. The topological polar surface area (TPSA) is 52.7 Å². The molecule has 0 atom stereocenters. The van der Waals surface area contributed by atoms with Crippen LogP contribution in [0.25, 0.3) is 6.08 Å². The standard InChI is InChI=1S/C21H22BrN3O2S/c1-3-24(4-2)18-11-5-15(6-12-18)13-19-20(26)25(21(27)28-19)14-23-17-9-7-16(22)8-10-17/h5-13,23H,3-4,14H2,1-2H3/b19-13-. The van der Waals surface area contributed by atoms with Crippen molar-refractivity contribution in [3.05, 3.63) is 63.5 Å². The molecule has 146 valence electrons. The van der Waals surface area contributed by atoms with Gasteiger partial charge in [-0.3, -0.25) is 14.5 Å². The van der Waals surface area contributed by atoms with E-state index in [-0.39, 0.29) is 17.8 Å². The summed E-state index contributed by atoms with van der Waals surface area (Å²) in [5, 5.41) is 2.85. The summed E-state index contributed by atoms with van der Waals surface area (Å²) >= 11 is 4.36. The number of hydrogen-bond donors (Lipinski definition) is 1. The molecule has 0 saturated carbocycles. The third-order valence-corrected chi connectivity index (χ3v) is 5.91. The van der Waals surface area contributed by atoms with Crippen LogP contribution in [0.5, 0.6) is 0 Å². The van der Waals surface area contributed by atoms with E-state index in [4.69, 9.17) is 0 Å². The molecule has 2 amide bonds. The summed E-state index contributed by atoms with van der Waals surface area (Å²) in [6.45, 7) is 6.27. The summed E-state index contributed by atoms with van der Waals surface area (Å²) in [4.78, 5) is 28.8. The van der Waals surface area contributed by atoms with E-state index in [1.54, 1.807) is 6.08 Å². The van der Waals surface area contributed by atoms with Gasteiger partial charge in [0.25, 0.3) is 11.1 Å². The molecule has 7 heteroatoms. The zero-order valence-corrected chi connectivity index (χ0v) is 18.2. The molecule has 0 radical (unpaired) electrons. The Morgan fingerprint density at radius 2 is 1.68 bits per heavy atom. The molecule has 2 aromatic carbocycles. The fourth-order valence-corrected chi connectivity index (χ4v) is 4.00. The molecule has 0 aliphatic carbocycles. The summed E-state index contributed by atoms with van der Waals surface area (Å²) < 4.78 is 0.971. The Morgan fingerprint density at radius 3 is 2.29 bits per heavy atom. The number of halogens is 1. The van der Waals surface area contributed by atoms with Gasteiger partial charge in [0.05, 0.1) is 11.6 Å². The summed E-state index contributed by atoms with van der Waals surface area (Å²) in [6, 6.07) is 15.6.